The highest BCUT2D eigenvalue weighted by atomic mass is 16.4. The van der Waals surface area contributed by atoms with E-state index >= 15 is 0 Å². The monoisotopic (exact) mass is 224 g/mol. The van der Waals surface area contributed by atoms with E-state index in [1.165, 1.54) is 0 Å². The number of nitrogens with one attached hydrogen (secondary N) is 2. The van der Waals surface area contributed by atoms with Crippen LogP contribution >= 0.6 is 0 Å². The standard InChI is InChI=1S/C11H16N2O3/c1-11(4-5-11)13-10(16)12-8-3-2-7(6-8)9(14)15/h2-3,7-8H,4-6H2,1H3,(H,14,15)(H2,12,13,16). The topological polar surface area (TPSA) is 78.4 Å². The van der Waals surface area contributed by atoms with Crippen LogP contribution in [-0.4, -0.2) is 28.7 Å². The largest absolute Gasteiger partial charge is 0.481 e. The molecule has 88 valence electrons. The first-order valence-corrected chi connectivity index (χ1v) is 5.48. The Kier molecular flexibility index (Phi) is 2.61. The van der Waals surface area contributed by atoms with Gasteiger partial charge in [0.1, 0.15) is 0 Å². The Bertz CT molecular complexity index is 347. The maximum atomic E-state index is 11.5. The van der Waals surface area contributed by atoms with Gasteiger partial charge in [-0.15, -0.1) is 0 Å². The van der Waals surface area contributed by atoms with Crippen LogP contribution in [0.2, 0.25) is 0 Å². The van der Waals surface area contributed by atoms with Crippen molar-refractivity contribution in [3.8, 4) is 0 Å². The Balaban J connectivity index is 1.77. The third-order valence-electron chi connectivity index (χ3n) is 3.13. The molecule has 3 N–H and O–H groups in total. The minimum absolute atomic E-state index is 0.0431. The molecule has 2 atom stereocenters. The molecule has 16 heavy (non-hydrogen) atoms. The molecule has 2 amide bonds. The molecule has 1 saturated carbocycles. The Morgan fingerprint density at radius 3 is 2.56 bits per heavy atom. The molecule has 2 aliphatic carbocycles. The number of urea groups is 1. The molecular weight excluding hydrogens is 208 g/mol. The molecule has 0 heterocycles. The third kappa shape index (κ3) is 2.53. The van der Waals surface area contributed by atoms with Crippen LogP contribution in [0.5, 0.6) is 0 Å². The summed E-state index contributed by atoms with van der Waals surface area (Å²) in [5, 5.41) is 14.4. The SMILES string of the molecule is CC1(NC(=O)NC2C=CC(C(=O)O)C2)CC1. The normalized spacial score (nSPS) is 29.8. The van der Waals surface area contributed by atoms with E-state index in [0.29, 0.717) is 6.42 Å². The molecule has 0 spiro atoms. The van der Waals surface area contributed by atoms with E-state index in [4.69, 9.17) is 5.11 Å². The van der Waals surface area contributed by atoms with Crippen molar-refractivity contribution in [3.63, 3.8) is 0 Å². The van der Waals surface area contributed by atoms with Gasteiger partial charge < -0.3 is 15.7 Å². The highest BCUT2D eigenvalue weighted by Gasteiger charge is 2.39. The van der Waals surface area contributed by atoms with Gasteiger partial charge >= 0.3 is 12.0 Å². The van der Waals surface area contributed by atoms with E-state index in [-0.39, 0.29) is 17.6 Å². The van der Waals surface area contributed by atoms with E-state index in [9.17, 15) is 9.59 Å². The van der Waals surface area contributed by atoms with Crippen molar-refractivity contribution < 1.29 is 14.7 Å². The molecule has 2 rings (SSSR count). The van der Waals surface area contributed by atoms with Crippen LogP contribution < -0.4 is 10.6 Å². The molecule has 0 aromatic heterocycles. The van der Waals surface area contributed by atoms with Crippen molar-refractivity contribution in [1.82, 2.24) is 10.6 Å². The molecule has 0 aromatic carbocycles. The van der Waals surface area contributed by atoms with Gasteiger partial charge in [-0.3, -0.25) is 4.79 Å². The van der Waals surface area contributed by atoms with E-state index in [1.807, 2.05) is 6.92 Å². The molecule has 0 aliphatic heterocycles. The van der Waals surface area contributed by atoms with Gasteiger partial charge in [-0.2, -0.15) is 0 Å². The lowest BCUT2D eigenvalue weighted by molar-refractivity contribution is -0.140. The Morgan fingerprint density at radius 2 is 2.06 bits per heavy atom. The van der Waals surface area contributed by atoms with E-state index in [1.54, 1.807) is 12.2 Å². The predicted octanol–water partition coefficient (Wildman–Crippen LogP) is 0.867. The van der Waals surface area contributed by atoms with Gasteiger partial charge in [0.05, 0.1) is 12.0 Å². The first-order valence-electron chi connectivity index (χ1n) is 5.48. The van der Waals surface area contributed by atoms with Crippen molar-refractivity contribution in [3.05, 3.63) is 12.2 Å². The Morgan fingerprint density at radius 1 is 1.38 bits per heavy atom. The molecule has 5 heteroatoms. The maximum absolute atomic E-state index is 11.5. The highest BCUT2D eigenvalue weighted by Crippen LogP contribution is 2.34. The maximum Gasteiger partial charge on any atom is 0.315 e. The molecule has 0 aromatic rings. The van der Waals surface area contributed by atoms with Gasteiger partial charge in [0.2, 0.25) is 0 Å². The average molecular weight is 224 g/mol. The van der Waals surface area contributed by atoms with Crippen LogP contribution in [0.15, 0.2) is 12.2 Å². The second-order valence-electron chi connectivity index (χ2n) is 4.83. The summed E-state index contributed by atoms with van der Waals surface area (Å²) in [5.74, 6) is -1.31. The van der Waals surface area contributed by atoms with Gasteiger partial charge in [0.15, 0.2) is 0 Å². The first kappa shape index (κ1) is 11.0. The molecule has 0 radical (unpaired) electrons. The predicted molar refractivity (Wildman–Crippen MR) is 58.0 cm³/mol. The van der Waals surface area contributed by atoms with Gasteiger partial charge in [0.25, 0.3) is 0 Å². The van der Waals surface area contributed by atoms with Gasteiger partial charge in [-0.05, 0) is 26.2 Å². The second kappa shape index (κ2) is 3.81. The summed E-state index contributed by atoms with van der Waals surface area (Å²) in [6.45, 7) is 2.00. The van der Waals surface area contributed by atoms with Crippen molar-refractivity contribution >= 4 is 12.0 Å². The fourth-order valence-corrected chi connectivity index (χ4v) is 1.78. The van der Waals surface area contributed by atoms with Crippen LogP contribution in [0.1, 0.15) is 26.2 Å². The number of hydrogen-bond acceptors (Lipinski definition) is 2. The quantitative estimate of drug-likeness (QED) is 0.622. The number of hydrogen-bond donors (Lipinski definition) is 3. The van der Waals surface area contributed by atoms with Crippen LogP contribution in [-0.2, 0) is 4.79 Å². The molecule has 2 aliphatic rings. The smallest absolute Gasteiger partial charge is 0.315 e. The number of aliphatic carboxylic acids is 1. The number of carboxylic acids is 1. The number of amides is 2. The highest BCUT2D eigenvalue weighted by molar-refractivity contribution is 5.77. The van der Waals surface area contributed by atoms with Crippen molar-refractivity contribution in [2.45, 2.75) is 37.8 Å². The molecule has 0 bridgehead atoms. The summed E-state index contributed by atoms with van der Waals surface area (Å²) < 4.78 is 0. The lowest BCUT2D eigenvalue weighted by Gasteiger charge is -2.16. The zero-order valence-corrected chi connectivity index (χ0v) is 9.19. The van der Waals surface area contributed by atoms with Crippen molar-refractivity contribution in [2.24, 2.45) is 5.92 Å². The second-order valence-corrected chi connectivity index (χ2v) is 4.83. The molecule has 5 nitrogen and oxygen atoms in total. The fourth-order valence-electron chi connectivity index (χ4n) is 1.78. The fraction of sp³-hybridized carbons (Fsp3) is 0.636. The molecule has 2 unspecified atom stereocenters. The molecule has 0 saturated heterocycles. The van der Waals surface area contributed by atoms with Crippen molar-refractivity contribution in [2.75, 3.05) is 0 Å². The van der Waals surface area contributed by atoms with Gasteiger partial charge in [-0.25, -0.2) is 4.79 Å². The summed E-state index contributed by atoms with van der Waals surface area (Å²) in [4.78, 5) is 22.2. The number of carbonyl (C=O) groups excluding carboxylic acids is 1. The zero-order valence-electron chi connectivity index (χ0n) is 9.19. The summed E-state index contributed by atoms with van der Waals surface area (Å²) >= 11 is 0. The lowest BCUT2D eigenvalue weighted by atomic mass is 10.1. The minimum atomic E-state index is -0.838. The first-order chi connectivity index (χ1) is 7.48. The van der Waals surface area contributed by atoms with Gasteiger partial charge in [0, 0.05) is 5.54 Å². The van der Waals surface area contributed by atoms with Crippen LogP contribution in [0.3, 0.4) is 0 Å². The third-order valence-corrected chi connectivity index (χ3v) is 3.13. The number of carboxylic acid groups (broad SMARTS) is 1. The summed E-state index contributed by atoms with van der Waals surface area (Å²) in [7, 11) is 0. The summed E-state index contributed by atoms with van der Waals surface area (Å²) in [6.07, 6.45) is 5.84. The van der Waals surface area contributed by atoms with Crippen LogP contribution in [0, 0.1) is 5.92 Å². The van der Waals surface area contributed by atoms with Gasteiger partial charge in [-0.1, -0.05) is 12.2 Å². The summed E-state index contributed by atoms with van der Waals surface area (Å²) in [6, 6.07) is -0.371. The molecule has 1 fully saturated rings. The average Bonchev–Trinajstić information content (AvgIpc) is 2.74. The van der Waals surface area contributed by atoms with Crippen LogP contribution in [0.25, 0.3) is 0 Å². The lowest BCUT2D eigenvalue weighted by Crippen LogP contribution is -2.45. The number of carbonyl (C=O) groups is 2. The van der Waals surface area contributed by atoms with Crippen LogP contribution in [0.4, 0.5) is 4.79 Å². The molecular formula is C11H16N2O3. The Labute approximate surface area is 93.9 Å². The minimum Gasteiger partial charge on any atom is -0.481 e. The summed E-state index contributed by atoms with van der Waals surface area (Å²) in [5.41, 5.74) is -0.0431. The zero-order chi connectivity index (χ0) is 11.8. The van der Waals surface area contributed by atoms with E-state index in [0.717, 1.165) is 12.8 Å². The van der Waals surface area contributed by atoms with E-state index in [2.05, 4.69) is 10.6 Å². The number of rotatable bonds is 3. The van der Waals surface area contributed by atoms with E-state index < -0.39 is 11.9 Å². The van der Waals surface area contributed by atoms with Crippen molar-refractivity contribution in [1.29, 1.82) is 0 Å². The Hall–Kier alpha value is -1.52.